The molecule has 0 amide bonds. The van der Waals surface area contributed by atoms with Gasteiger partial charge in [0.05, 0.1) is 19.8 Å². The maximum absolute atomic E-state index is 13.2. The van der Waals surface area contributed by atoms with E-state index in [0.29, 0.717) is 0 Å². The molecule has 0 atom stereocenters. The zero-order valence-electron chi connectivity index (χ0n) is 21.4. The summed E-state index contributed by atoms with van der Waals surface area (Å²) < 4.78 is 362. The maximum Gasteiger partial charge on any atom is 0.435 e. The van der Waals surface area contributed by atoms with Crippen molar-refractivity contribution in [3.8, 4) is 0 Å². The molecule has 0 unspecified atom stereocenters. The second kappa shape index (κ2) is 12.6. The fourth-order valence-electron chi connectivity index (χ4n) is 3.23. The van der Waals surface area contributed by atoms with Crippen molar-refractivity contribution in [2.45, 2.75) is 72.4 Å². The number of hydrogen-bond acceptors (Lipinski definition) is 4. The summed E-state index contributed by atoms with van der Waals surface area (Å²) in [5.74, 6) is -4.27. The Balaban J connectivity index is 8.16. The molecule has 49 heavy (non-hydrogen) atoms. The highest BCUT2D eigenvalue weighted by Gasteiger charge is 2.89. The van der Waals surface area contributed by atoms with Crippen LogP contribution in [0.5, 0.6) is 0 Å². The van der Waals surface area contributed by atoms with Crippen LogP contribution < -0.4 is 0 Å². The van der Waals surface area contributed by atoms with E-state index < -0.39 is 104 Å². The fourth-order valence-corrected chi connectivity index (χ4v) is 3.23. The molecule has 32 heteroatoms. The van der Waals surface area contributed by atoms with Crippen LogP contribution >= 0.6 is 0 Å². The Hall–Kier alpha value is -2.54. The molecule has 0 aromatic rings. The van der Waals surface area contributed by atoms with Gasteiger partial charge in [-0.1, -0.05) is 0 Å². The molecule has 0 fully saturated rings. The van der Waals surface area contributed by atoms with Crippen molar-refractivity contribution >= 4 is 5.97 Å². The summed E-state index contributed by atoms with van der Waals surface area (Å²) in [6, 6.07) is 0. The first-order valence-corrected chi connectivity index (χ1v) is 10.6. The van der Waals surface area contributed by atoms with Gasteiger partial charge in [-0.05, 0) is 0 Å². The molecule has 0 aliphatic heterocycles. The third-order valence-electron chi connectivity index (χ3n) is 5.74. The lowest BCUT2D eigenvalue weighted by Crippen LogP contribution is -2.71. The number of carbonyl (C=O) groups is 1. The number of alkyl halides is 27. The standard InChI is InChI=1S/C17H7F27O5/c18-9(19,20)6(10(21,22)23,11(24,25)26)47-1-5(4(45)46,2-48-7(12(27,28)29,13(30,31)32)14(33,34)35)3-49-8(15(36,37)38,16(39,40)41)17(42,43)44/h1-3H2,(H,45,46). The highest BCUT2D eigenvalue weighted by molar-refractivity contribution is 5.75. The Morgan fingerprint density at radius 3 is 0.531 bits per heavy atom. The van der Waals surface area contributed by atoms with Gasteiger partial charge in [0, 0.05) is 0 Å². The Morgan fingerprint density at radius 2 is 0.449 bits per heavy atom. The first-order chi connectivity index (χ1) is 20.8. The number of halogens is 27. The first kappa shape index (κ1) is 46.5. The lowest BCUT2D eigenvalue weighted by molar-refractivity contribution is -0.472. The minimum Gasteiger partial charge on any atom is -0.481 e. The predicted octanol–water partition coefficient (Wildman–Crippen LogP) is 8.38. The van der Waals surface area contributed by atoms with Gasteiger partial charge in [0.15, 0.2) is 0 Å². The molecule has 0 aromatic heterocycles. The summed E-state index contributed by atoms with van der Waals surface area (Å²) in [4.78, 5) is 11.6. The molecule has 5 nitrogen and oxygen atoms in total. The molecule has 0 aromatic carbocycles. The zero-order chi connectivity index (χ0) is 40.3. The largest absolute Gasteiger partial charge is 0.481 e. The van der Waals surface area contributed by atoms with Gasteiger partial charge >= 0.3 is 78.4 Å². The fraction of sp³-hybridized carbons (Fsp3) is 0.941. The molecular weight excluding hydrogens is 797 g/mol. The van der Waals surface area contributed by atoms with Crippen molar-refractivity contribution in [2.24, 2.45) is 5.41 Å². The topological polar surface area (TPSA) is 65.0 Å². The average molecular weight is 804 g/mol. The highest BCUT2D eigenvalue weighted by atomic mass is 19.5. The van der Waals surface area contributed by atoms with Gasteiger partial charge in [0.1, 0.15) is 5.41 Å². The molecule has 0 saturated carbocycles. The molecule has 294 valence electrons. The number of hydrogen-bond donors (Lipinski definition) is 1. The van der Waals surface area contributed by atoms with Crippen LogP contribution in [0.25, 0.3) is 0 Å². The van der Waals surface area contributed by atoms with Crippen LogP contribution in [0.15, 0.2) is 0 Å². The van der Waals surface area contributed by atoms with Crippen LogP contribution in [0.1, 0.15) is 0 Å². The summed E-state index contributed by atoms with van der Waals surface area (Å²) in [6.45, 7) is -13.3. The van der Waals surface area contributed by atoms with Gasteiger partial charge < -0.3 is 19.3 Å². The van der Waals surface area contributed by atoms with Gasteiger partial charge in [0.2, 0.25) is 0 Å². The Morgan fingerprint density at radius 1 is 0.327 bits per heavy atom. The Kier molecular flexibility index (Phi) is 11.9. The van der Waals surface area contributed by atoms with E-state index in [-0.39, 0.29) is 0 Å². The normalized spacial score (nSPS) is 16.3. The zero-order valence-corrected chi connectivity index (χ0v) is 21.4. The molecule has 0 rings (SSSR count). The molecule has 0 radical (unpaired) electrons. The first-order valence-electron chi connectivity index (χ1n) is 10.6. The number of ether oxygens (including phenoxy) is 3. The Labute approximate surface area is 247 Å². The monoisotopic (exact) mass is 804 g/mol. The number of carboxylic acid groups (broad SMARTS) is 1. The number of aliphatic carboxylic acids is 1. The SMILES string of the molecule is O=C(O)C(COC(C(F)(F)F)(C(F)(F)F)C(F)(F)F)(COC(C(F)(F)F)(C(F)(F)F)C(F)(F)F)COC(C(F)(F)F)(C(F)(F)F)C(F)(F)F. The smallest absolute Gasteiger partial charge is 0.435 e. The van der Waals surface area contributed by atoms with Crippen LogP contribution in [0, 0.1) is 5.41 Å². The lowest BCUT2D eigenvalue weighted by Gasteiger charge is -2.44. The van der Waals surface area contributed by atoms with Crippen LogP contribution in [0.3, 0.4) is 0 Å². The number of rotatable bonds is 10. The third-order valence-corrected chi connectivity index (χ3v) is 5.74. The van der Waals surface area contributed by atoms with Gasteiger partial charge in [-0.15, -0.1) is 0 Å². The second-order valence-electron chi connectivity index (χ2n) is 8.97. The second-order valence-corrected chi connectivity index (χ2v) is 8.97. The molecule has 1 N–H and O–H groups in total. The van der Waals surface area contributed by atoms with Gasteiger partial charge in [-0.2, -0.15) is 119 Å². The highest BCUT2D eigenvalue weighted by Crippen LogP contribution is 2.59. The minimum atomic E-state index is -8.16. The number of carboxylic acids is 1. The summed E-state index contributed by atoms with van der Waals surface area (Å²) in [6.07, 6.45) is -73.4. The molecule has 0 heterocycles. The van der Waals surface area contributed by atoms with Gasteiger partial charge in [0.25, 0.3) is 0 Å². The van der Waals surface area contributed by atoms with E-state index in [1.807, 2.05) is 0 Å². The summed E-state index contributed by atoms with van der Waals surface area (Å²) >= 11 is 0. The van der Waals surface area contributed by atoms with Crippen LogP contribution in [-0.2, 0) is 19.0 Å². The van der Waals surface area contributed by atoms with Crippen LogP contribution in [0.4, 0.5) is 119 Å². The van der Waals surface area contributed by atoms with Crippen LogP contribution in [0.2, 0.25) is 0 Å². The van der Waals surface area contributed by atoms with E-state index in [1.165, 1.54) is 0 Å². The Bertz CT molecular complexity index is 897. The van der Waals surface area contributed by atoms with E-state index >= 15 is 0 Å². The van der Waals surface area contributed by atoms with Crippen molar-refractivity contribution in [1.82, 2.24) is 0 Å². The molecule has 0 spiro atoms. The van der Waals surface area contributed by atoms with E-state index in [0.717, 1.165) is 0 Å². The summed E-state index contributed by atoms with van der Waals surface area (Å²) in [5.41, 5.74) is -30.2. The molecular formula is C17H7F27O5. The minimum absolute atomic E-state index is 2.29. The molecule has 0 aliphatic carbocycles. The predicted molar refractivity (Wildman–Crippen MR) is 90.6 cm³/mol. The van der Waals surface area contributed by atoms with Gasteiger partial charge in [-0.25, -0.2) is 0 Å². The van der Waals surface area contributed by atoms with Gasteiger partial charge in [-0.3, -0.25) is 4.79 Å². The van der Waals surface area contributed by atoms with Crippen molar-refractivity contribution in [1.29, 1.82) is 0 Å². The van der Waals surface area contributed by atoms with Crippen molar-refractivity contribution < 1.29 is 143 Å². The maximum atomic E-state index is 13.2. The van der Waals surface area contributed by atoms with E-state index in [1.54, 1.807) is 0 Å². The molecule has 0 bridgehead atoms. The van der Waals surface area contributed by atoms with Crippen LogP contribution in [-0.4, -0.2) is 103 Å². The molecule has 0 aliphatic rings. The molecule has 0 saturated heterocycles. The summed E-state index contributed by atoms with van der Waals surface area (Å²) in [7, 11) is 0. The third kappa shape index (κ3) is 7.72. The van der Waals surface area contributed by atoms with Crippen molar-refractivity contribution in [3.05, 3.63) is 0 Å². The van der Waals surface area contributed by atoms with Crippen molar-refractivity contribution in [3.63, 3.8) is 0 Å². The quantitative estimate of drug-likeness (QED) is 0.225. The van der Waals surface area contributed by atoms with Crippen molar-refractivity contribution in [2.75, 3.05) is 19.8 Å². The van der Waals surface area contributed by atoms with E-state index in [9.17, 15) is 123 Å². The lowest BCUT2D eigenvalue weighted by atomic mass is 9.88. The average Bonchev–Trinajstić information content (AvgIpc) is 2.70. The summed E-state index contributed by atoms with van der Waals surface area (Å²) in [5, 5.41) is 9.07. The van der Waals surface area contributed by atoms with E-state index in [4.69, 9.17) is 5.11 Å². The van der Waals surface area contributed by atoms with E-state index in [2.05, 4.69) is 14.2 Å².